The first kappa shape index (κ1) is 27.4. The molecule has 8 aromatic rings. The second-order valence-electron chi connectivity index (χ2n) is 11.6. The molecule has 0 atom stereocenters. The fourth-order valence-electron chi connectivity index (χ4n) is 6.28. The number of rotatable bonds is 7. The van der Waals surface area contributed by atoms with Crippen LogP contribution in [-0.2, 0) is 0 Å². The van der Waals surface area contributed by atoms with E-state index in [0.29, 0.717) is 0 Å². The van der Waals surface area contributed by atoms with Gasteiger partial charge in [0.05, 0.1) is 0 Å². The maximum atomic E-state index is 3.62. The highest BCUT2D eigenvalue weighted by molar-refractivity contribution is 5.98. The summed E-state index contributed by atoms with van der Waals surface area (Å²) in [5, 5.41) is 12.2. The van der Waals surface area contributed by atoms with E-state index >= 15 is 0 Å². The van der Waals surface area contributed by atoms with Crippen molar-refractivity contribution >= 4 is 44.3 Å². The zero-order valence-corrected chi connectivity index (χ0v) is 25.3. The molecule has 218 valence electrons. The van der Waals surface area contributed by atoms with E-state index in [4.69, 9.17) is 0 Å². The molecule has 0 radical (unpaired) electrons. The topological polar surface area (TPSA) is 24.1 Å². The summed E-state index contributed by atoms with van der Waals surface area (Å²) in [4.78, 5) is 0. The maximum absolute atomic E-state index is 3.62. The lowest BCUT2D eigenvalue weighted by Crippen LogP contribution is -1.96. The molecule has 0 unspecified atom stereocenters. The Labute approximate surface area is 269 Å². The zero-order valence-electron chi connectivity index (χ0n) is 25.3. The standard InChI is InChI=1S/C44H32N2/c1-3-15-37(16-4-1)45-39-23-25-41(43(29-39)35-21-19-31-11-7-9-13-33(31)27-35)42-26-24-40(46-38-17-5-2-6-18-38)30-44(42)36-22-20-32-12-8-10-14-34(32)28-36/h1-30,45-46H. The van der Waals surface area contributed by atoms with Crippen LogP contribution in [0.25, 0.3) is 54.9 Å². The van der Waals surface area contributed by atoms with Gasteiger partial charge in [0.1, 0.15) is 0 Å². The molecule has 2 heteroatoms. The Hall–Kier alpha value is -6.12. The molecule has 0 aromatic heterocycles. The molecule has 0 aliphatic heterocycles. The van der Waals surface area contributed by atoms with E-state index in [0.717, 1.165) is 22.7 Å². The molecule has 2 nitrogen and oxygen atoms in total. The van der Waals surface area contributed by atoms with Crippen molar-refractivity contribution in [2.75, 3.05) is 10.6 Å². The minimum absolute atomic E-state index is 1.05. The predicted molar refractivity (Wildman–Crippen MR) is 197 cm³/mol. The van der Waals surface area contributed by atoms with Gasteiger partial charge in [-0.1, -0.05) is 121 Å². The lowest BCUT2D eigenvalue weighted by Gasteiger charge is -2.19. The van der Waals surface area contributed by atoms with Crippen LogP contribution in [0.4, 0.5) is 22.7 Å². The van der Waals surface area contributed by atoms with Gasteiger partial charge in [0, 0.05) is 22.7 Å². The van der Waals surface area contributed by atoms with E-state index in [1.54, 1.807) is 0 Å². The maximum Gasteiger partial charge on any atom is 0.0390 e. The zero-order chi connectivity index (χ0) is 30.7. The molecular weight excluding hydrogens is 556 g/mol. The van der Waals surface area contributed by atoms with Gasteiger partial charge in [0.25, 0.3) is 0 Å². The lowest BCUT2D eigenvalue weighted by atomic mass is 9.87. The lowest BCUT2D eigenvalue weighted by molar-refractivity contribution is 1.51. The van der Waals surface area contributed by atoms with Gasteiger partial charge in [0.15, 0.2) is 0 Å². The van der Waals surface area contributed by atoms with Crippen LogP contribution in [0.1, 0.15) is 0 Å². The second kappa shape index (κ2) is 12.1. The smallest absolute Gasteiger partial charge is 0.0390 e. The summed E-state index contributed by atoms with van der Waals surface area (Å²) in [5.41, 5.74) is 11.3. The number of hydrogen-bond donors (Lipinski definition) is 2. The number of fused-ring (bicyclic) bond motifs is 2. The van der Waals surface area contributed by atoms with Gasteiger partial charge in [-0.3, -0.25) is 0 Å². The molecule has 8 aromatic carbocycles. The average Bonchev–Trinajstić information content (AvgIpc) is 3.12. The van der Waals surface area contributed by atoms with E-state index < -0.39 is 0 Å². The molecule has 0 aliphatic carbocycles. The van der Waals surface area contributed by atoms with Crippen molar-refractivity contribution < 1.29 is 0 Å². The molecule has 0 saturated carbocycles. The van der Waals surface area contributed by atoms with Gasteiger partial charge >= 0.3 is 0 Å². The Kier molecular flexibility index (Phi) is 7.22. The highest BCUT2D eigenvalue weighted by atomic mass is 14.9. The van der Waals surface area contributed by atoms with Crippen LogP contribution in [0.2, 0.25) is 0 Å². The van der Waals surface area contributed by atoms with E-state index in [1.165, 1.54) is 54.9 Å². The van der Waals surface area contributed by atoms with Crippen molar-refractivity contribution in [1.82, 2.24) is 0 Å². The van der Waals surface area contributed by atoms with Gasteiger partial charge in [-0.25, -0.2) is 0 Å². The van der Waals surface area contributed by atoms with Crippen LogP contribution < -0.4 is 10.6 Å². The van der Waals surface area contributed by atoms with Crippen LogP contribution in [0, 0.1) is 0 Å². The number of benzene rings is 8. The quantitative estimate of drug-likeness (QED) is 0.193. The molecule has 0 heterocycles. The highest BCUT2D eigenvalue weighted by Crippen LogP contribution is 2.42. The van der Waals surface area contributed by atoms with Crippen LogP contribution >= 0.6 is 0 Å². The van der Waals surface area contributed by atoms with Crippen molar-refractivity contribution in [3.8, 4) is 33.4 Å². The molecule has 0 amide bonds. The van der Waals surface area contributed by atoms with Gasteiger partial charge in [0.2, 0.25) is 0 Å². The fourth-order valence-corrected chi connectivity index (χ4v) is 6.28. The molecule has 0 fully saturated rings. The van der Waals surface area contributed by atoms with Crippen LogP contribution in [0.5, 0.6) is 0 Å². The summed E-state index contributed by atoms with van der Waals surface area (Å²) >= 11 is 0. The predicted octanol–water partition coefficient (Wildman–Crippen LogP) is 12.5. The number of hydrogen-bond acceptors (Lipinski definition) is 2. The SMILES string of the molecule is c1ccc(Nc2ccc(-c3ccc(Nc4ccccc4)cc3-c3ccc4ccccc4c3)c(-c3ccc4ccccc4c3)c2)cc1. The summed E-state index contributed by atoms with van der Waals surface area (Å²) < 4.78 is 0. The van der Waals surface area contributed by atoms with Gasteiger partial charge in [-0.2, -0.15) is 0 Å². The average molecular weight is 589 g/mol. The first-order valence-electron chi connectivity index (χ1n) is 15.7. The summed E-state index contributed by atoms with van der Waals surface area (Å²) in [5.74, 6) is 0. The highest BCUT2D eigenvalue weighted by Gasteiger charge is 2.16. The van der Waals surface area contributed by atoms with Gasteiger partial charge in [-0.15, -0.1) is 0 Å². The molecule has 46 heavy (non-hydrogen) atoms. The summed E-state index contributed by atoms with van der Waals surface area (Å²) in [7, 11) is 0. The number of para-hydroxylation sites is 2. The summed E-state index contributed by atoms with van der Waals surface area (Å²) in [6.07, 6.45) is 0. The normalized spacial score (nSPS) is 11.0. The molecule has 0 bridgehead atoms. The van der Waals surface area contributed by atoms with E-state index in [9.17, 15) is 0 Å². The molecular formula is C44H32N2. The Balaban J connectivity index is 1.32. The molecule has 0 saturated heterocycles. The van der Waals surface area contributed by atoms with Crippen molar-refractivity contribution in [3.05, 3.63) is 182 Å². The Morgan fingerprint density at radius 2 is 0.630 bits per heavy atom. The third-order valence-corrected chi connectivity index (χ3v) is 8.58. The van der Waals surface area contributed by atoms with Crippen molar-refractivity contribution in [2.45, 2.75) is 0 Å². The van der Waals surface area contributed by atoms with Crippen molar-refractivity contribution in [2.24, 2.45) is 0 Å². The Morgan fingerprint density at radius 3 is 1.07 bits per heavy atom. The summed E-state index contributed by atoms with van der Waals surface area (Å²) in [6.45, 7) is 0. The van der Waals surface area contributed by atoms with Gasteiger partial charge < -0.3 is 10.6 Å². The van der Waals surface area contributed by atoms with Crippen LogP contribution in [0.3, 0.4) is 0 Å². The third kappa shape index (κ3) is 5.60. The molecule has 2 N–H and O–H groups in total. The van der Waals surface area contributed by atoms with Crippen LogP contribution in [0.15, 0.2) is 182 Å². The molecule has 0 aliphatic rings. The van der Waals surface area contributed by atoms with E-state index in [-0.39, 0.29) is 0 Å². The Bertz CT molecular complexity index is 2140. The third-order valence-electron chi connectivity index (χ3n) is 8.58. The first-order chi connectivity index (χ1) is 22.8. The first-order valence-corrected chi connectivity index (χ1v) is 15.7. The van der Waals surface area contributed by atoms with Crippen molar-refractivity contribution in [3.63, 3.8) is 0 Å². The number of anilines is 4. The monoisotopic (exact) mass is 588 g/mol. The largest absolute Gasteiger partial charge is 0.356 e. The summed E-state index contributed by atoms with van der Waals surface area (Å²) in [6, 6.07) is 64.9. The Morgan fingerprint density at radius 1 is 0.239 bits per heavy atom. The van der Waals surface area contributed by atoms with Crippen LogP contribution in [-0.4, -0.2) is 0 Å². The number of nitrogens with one attached hydrogen (secondary N) is 2. The van der Waals surface area contributed by atoms with E-state index in [2.05, 4.69) is 180 Å². The minimum atomic E-state index is 1.05. The molecule has 0 spiro atoms. The minimum Gasteiger partial charge on any atom is -0.356 e. The molecule has 8 rings (SSSR count). The van der Waals surface area contributed by atoms with E-state index in [1.807, 2.05) is 12.1 Å². The fraction of sp³-hybridized carbons (Fsp3) is 0. The van der Waals surface area contributed by atoms with Crippen molar-refractivity contribution in [1.29, 1.82) is 0 Å². The second-order valence-corrected chi connectivity index (χ2v) is 11.6. The van der Waals surface area contributed by atoms with Gasteiger partial charge in [-0.05, 0) is 116 Å².